The first-order valence-electron chi connectivity index (χ1n) is 5.78. The number of nitrogens with zero attached hydrogens (tertiary/aromatic N) is 1. The molecular formula is C12H22N2O2. The zero-order valence-corrected chi connectivity index (χ0v) is 10.7. The molecule has 0 bridgehead atoms. The molecule has 0 aromatic carbocycles. The molecule has 92 valence electrons. The van der Waals surface area contributed by atoms with Gasteiger partial charge in [0.2, 0.25) is 5.91 Å². The van der Waals surface area contributed by atoms with E-state index in [1.807, 2.05) is 20.8 Å². The van der Waals surface area contributed by atoms with Crippen molar-refractivity contribution in [3.05, 3.63) is 0 Å². The van der Waals surface area contributed by atoms with Crippen LogP contribution in [0.5, 0.6) is 0 Å². The maximum atomic E-state index is 11.6. The fourth-order valence-electron chi connectivity index (χ4n) is 1.39. The minimum Gasteiger partial charge on any atom is -0.382 e. The Balaban J connectivity index is 4.17. The Morgan fingerprint density at radius 3 is 2.44 bits per heavy atom. The molecule has 0 rings (SSSR count). The first-order valence-corrected chi connectivity index (χ1v) is 5.78. The highest BCUT2D eigenvalue weighted by atomic mass is 16.5. The van der Waals surface area contributed by atoms with Gasteiger partial charge in [0.05, 0.1) is 12.2 Å². The van der Waals surface area contributed by atoms with Gasteiger partial charge in [-0.2, -0.15) is 5.26 Å². The summed E-state index contributed by atoms with van der Waals surface area (Å²) in [7, 11) is 1.63. The molecule has 0 spiro atoms. The molecule has 1 amide bonds. The number of rotatable bonds is 7. The lowest BCUT2D eigenvalue weighted by molar-refractivity contribution is -0.123. The van der Waals surface area contributed by atoms with Gasteiger partial charge >= 0.3 is 0 Å². The SMILES string of the molecule is CCC(C#N)(CC)NC(=O)CCC(C)OC. The van der Waals surface area contributed by atoms with E-state index in [-0.39, 0.29) is 12.0 Å². The number of amides is 1. The van der Waals surface area contributed by atoms with E-state index in [9.17, 15) is 4.79 Å². The smallest absolute Gasteiger partial charge is 0.221 e. The summed E-state index contributed by atoms with van der Waals surface area (Å²) >= 11 is 0. The van der Waals surface area contributed by atoms with Crippen molar-refractivity contribution in [3.8, 4) is 6.07 Å². The first-order chi connectivity index (χ1) is 7.53. The first kappa shape index (κ1) is 14.9. The van der Waals surface area contributed by atoms with E-state index in [1.165, 1.54) is 0 Å². The number of ether oxygens (including phenoxy) is 1. The number of hydrogen-bond donors (Lipinski definition) is 1. The van der Waals surface area contributed by atoms with Crippen molar-refractivity contribution in [1.82, 2.24) is 5.32 Å². The lowest BCUT2D eigenvalue weighted by Crippen LogP contribution is -2.46. The van der Waals surface area contributed by atoms with Gasteiger partial charge in [0.1, 0.15) is 5.54 Å². The summed E-state index contributed by atoms with van der Waals surface area (Å²) in [6, 6.07) is 2.18. The standard InChI is InChI=1S/C12H22N2O2/c1-5-12(6-2,9-13)14-11(15)8-7-10(3)16-4/h10H,5-8H2,1-4H3,(H,14,15). The van der Waals surface area contributed by atoms with Crippen LogP contribution in [-0.4, -0.2) is 24.7 Å². The third-order valence-corrected chi connectivity index (χ3v) is 2.98. The third kappa shape index (κ3) is 4.63. The molecule has 0 aromatic rings. The van der Waals surface area contributed by atoms with Crippen molar-refractivity contribution < 1.29 is 9.53 Å². The number of hydrogen-bond acceptors (Lipinski definition) is 3. The summed E-state index contributed by atoms with van der Waals surface area (Å²) in [5.74, 6) is -0.0749. The largest absolute Gasteiger partial charge is 0.382 e. The van der Waals surface area contributed by atoms with E-state index in [4.69, 9.17) is 10.00 Å². The van der Waals surface area contributed by atoms with Crippen LogP contribution in [0.3, 0.4) is 0 Å². The van der Waals surface area contributed by atoms with Crippen LogP contribution in [-0.2, 0) is 9.53 Å². The van der Waals surface area contributed by atoms with E-state index in [2.05, 4.69) is 11.4 Å². The van der Waals surface area contributed by atoms with Gasteiger partial charge in [-0.15, -0.1) is 0 Å². The summed E-state index contributed by atoms with van der Waals surface area (Å²) in [6.07, 6.45) is 2.41. The lowest BCUT2D eigenvalue weighted by Gasteiger charge is -2.25. The predicted molar refractivity (Wildman–Crippen MR) is 62.8 cm³/mol. The fourth-order valence-corrected chi connectivity index (χ4v) is 1.39. The number of carbonyl (C=O) groups excluding carboxylic acids is 1. The minimum atomic E-state index is -0.701. The molecule has 0 saturated heterocycles. The van der Waals surface area contributed by atoms with Gasteiger partial charge in [-0.3, -0.25) is 4.79 Å². The number of methoxy groups -OCH3 is 1. The van der Waals surface area contributed by atoms with Crippen molar-refractivity contribution >= 4 is 5.91 Å². The Morgan fingerprint density at radius 2 is 2.06 bits per heavy atom. The van der Waals surface area contributed by atoms with Crippen LogP contribution in [0, 0.1) is 11.3 Å². The van der Waals surface area contributed by atoms with E-state index in [0.29, 0.717) is 25.7 Å². The van der Waals surface area contributed by atoms with Crippen LogP contribution in [0.15, 0.2) is 0 Å². The normalized spacial score (nSPS) is 12.9. The molecular weight excluding hydrogens is 204 g/mol. The van der Waals surface area contributed by atoms with Crippen LogP contribution in [0.25, 0.3) is 0 Å². The summed E-state index contributed by atoms with van der Waals surface area (Å²) in [5, 5.41) is 11.9. The van der Waals surface area contributed by atoms with Crippen molar-refractivity contribution in [2.24, 2.45) is 0 Å². The molecule has 16 heavy (non-hydrogen) atoms. The van der Waals surface area contributed by atoms with Crippen molar-refractivity contribution in [2.75, 3.05) is 7.11 Å². The number of nitrogens with one attached hydrogen (secondary N) is 1. The molecule has 0 saturated carbocycles. The molecule has 0 fully saturated rings. The minimum absolute atomic E-state index is 0.0745. The summed E-state index contributed by atoms with van der Waals surface area (Å²) in [6.45, 7) is 5.74. The second-order valence-corrected chi connectivity index (χ2v) is 4.03. The van der Waals surface area contributed by atoms with Crippen molar-refractivity contribution in [3.63, 3.8) is 0 Å². The molecule has 0 heterocycles. The summed E-state index contributed by atoms with van der Waals surface area (Å²) < 4.78 is 5.06. The molecule has 1 N–H and O–H groups in total. The van der Waals surface area contributed by atoms with Crippen LogP contribution >= 0.6 is 0 Å². The molecule has 4 heteroatoms. The number of nitriles is 1. The van der Waals surface area contributed by atoms with Gasteiger partial charge in [0, 0.05) is 13.5 Å². The van der Waals surface area contributed by atoms with E-state index in [0.717, 1.165) is 0 Å². The van der Waals surface area contributed by atoms with Crippen LogP contribution in [0.4, 0.5) is 0 Å². The molecule has 0 aromatic heterocycles. The van der Waals surface area contributed by atoms with Gasteiger partial charge in [-0.25, -0.2) is 0 Å². The van der Waals surface area contributed by atoms with Crippen molar-refractivity contribution in [2.45, 2.75) is 58.1 Å². The zero-order chi connectivity index (χ0) is 12.6. The van der Waals surface area contributed by atoms with Gasteiger partial charge < -0.3 is 10.1 Å². The van der Waals surface area contributed by atoms with Crippen LogP contribution in [0.2, 0.25) is 0 Å². The Labute approximate surface area is 98.0 Å². The van der Waals surface area contributed by atoms with Gasteiger partial charge in [0.25, 0.3) is 0 Å². The zero-order valence-electron chi connectivity index (χ0n) is 10.7. The molecule has 0 radical (unpaired) electrons. The van der Waals surface area contributed by atoms with E-state index < -0.39 is 5.54 Å². The molecule has 1 unspecified atom stereocenters. The van der Waals surface area contributed by atoms with Crippen LogP contribution < -0.4 is 5.32 Å². The molecule has 0 aliphatic rings. The average Bonchev–Trinajstić information content (AvgIpc) is 2.33. The second-order valence-electron chi connectivity index (χ2n) is 4.03. The average molecular weight is 226 g/mol. The Hall–Kier alpha value is -1.08. The summed E-state index contributed by atoms with van der Waals surface area (Å²) in [5.41, 5.74) is -0.701. The highest BCUT2D eigenvalue weighted by molar-refractivity contribution is 5.77. The monoisotopic (exact) mass is 226 g/mol. The Bertz CT molecular complexity index is 254. The second kappa shape index (κ2) is 7.24. The summed E-state index contributed by atoms with van der Waals surface area (Å²) in [4.78, 5) is 11.6. The van der Waals surface area contributed by atoms with Gasteiger partial charge in [-0.1, -0.05) is 13.8 Å². The van der Waals surface area contributed by atoms with Crippen LogP contribution in [0.1, 0.15) is 46.5 Å². The van der Waals surface area contributed by atoms with Gasteiger partial charge in [-0.05, 0) is 26.2 Å². The maximum absolute atomic E-state index is 11.6. The fraction of sp³-hybridized carbons (Fsp3) is 0.833. The Kier molecular flexibility index (Phi) is 6.75. The molecule has 4 nitrogen and oxygen atoms in total. The van der Waals surface area contributed by atoms with Crippen molar-refractivity contribution in [1.29, 1.82) is 5.26 Å². The predicted octanol–water partition coefficient (Wildman–Crippen LogP) is 2.00. The number of carbonyl (C=O) groups is 1. The third-order valence-electron chi connectivity index (χ3n) is 2.98. The van der Waals surface area contributed by atoms with Gasteiger partial charge in [0.15, 0.2) is 0 Å². The highest BCUT2D eigenvalue weighted by Gasteiger charge is 2.27. The lowest BCUT2D eigenvalue weighted by atomic mass is 9.94. The molecule has 1 atom stereocenters. The highest BCUT2D eigenvalue weighted by Crippen LogP contribution is 2.14. The Morgan fingerprint density at radius 1 is 1.50 bits per heavy atom. The molecule has 0 aliphatic carbocycles. The topological polar surface area (TPSA) is 62.1 Å². The van der Waals surface area contributed by atoms with E-state index in [1.54, 1.807) is 7.11 Å². The quantitative estimate of drug-likeness (QED) is 0.722. The molecule has 0 aliphatic heterocycles. The maximum Gasteiger partial charge on any atom is 0.221 e. The van der Waals surface area contributed by atoms with E-state index >= 15 is 0 Å².